The van der Waals surface area contributed by atoms with E-state index in [9.17, 15) is 0 Å². The van der Waals surface area contributed by atoms with Crippen molar-refractivity contribution in [1.82, 2.24) is 10.6 Å². The second-order valence-electron chi connectivity index (χ2n) is 3.98. The van der Waals surface area contributed by atoms with Crippen LogP contribution in [0.1, 0.15) is 18.5 Å². The molecular weight excluding hydrogens is 200 g/mol. The molecule has 2 unspecified atom stereocenters. The summed E-state index contributed by atoms with van der Waals surface area (Å²) in [5.41, 5.74) is 1.31. The lowest BCUT2D eigenvalue weighted by molar-refractivity contribution is 0.114. The van der Waals surface area contributed by atoms with E-state index in [2.05, 4.69) is 41.8 Å². The Morgan fingerprint density at radius 3 is 2.44 bits per heavy atom. The largest absolute Gasteiger partial charge is 0.380 e. The van der Waals surface area contributed by atoms with Gasteiger partial charge in [-0.3, -0.25) is 0 Å². The van der Waals surface area contributed by atoms with Crippen LogP contribution in [0.5, 0.6) is 0 Å². The minimum Gasteiger partial charge on any atom is -0.380 e. The lowest BCUT2D eigenvalue weighted by atomic mass is 10.1. The molecule has 0 aromatic heterocycles. The number of benzene rings is 1. The molecule has 0 aliphatic heterocycles. The second kappa shape index (κ2) is 7.39. The molecular formula is C13H22N2O. The Labute approximate surface area is 98.2 Å². The van der Waals surface area contributed by atoms with Crippen molar-refractivity contribution in [2.75, 3.05) is 27.2 Å². The zero-order valence-electron chi connectivity index (χ0n) is 10.4. The van der Waals surface area contributed by atoms with E-state index in [1.165, 1.54) is 5.56 Å². The predicted molar refractivity (Wildman–Crippen MR) is 67.6 cm³/mol. The standard InChI is InChI=1S/C13H22N2O/c1-11(16-3)9-15-13(10-14-2)12-7-5-4-6-8-12/h4-8,11,13-15H,9-10H2,1-3H3. The van der Waals surface area contributed by atoms with Gasteiger partial charge in [0.05, 0.1) is 6.10 Å². The Kier molecular flexibility index (Phi) is 6.08. The third-order valence-corrected chi connectivity index (χ3v) is 2.66. The summed E-state index contributed by atoms with van der Waals surface area (Å²) in [7, 11) is 3.71. The Hall–Kier alpha value is -0.900. The summed E-state index contributed by atoms with van der Waals surface area (Å²) in [4.78, 5) is 0. The van der Waals surface area contributed by atoms with E-state index in [0.717, 1.165) is 13.1 Å². The van der Waals surface area contributed by atoms with Gasteiger partial charge in [-0.25, -0.2) is 0 Å². The molecule has 0 saturated carbocycles. The van der Waals surface area contributed by atoms with E-state index in [0.29, 0.717) is 6.04 Å². The molecule has 1 aromatic rings. The highest BCUT2D eigenvalue weighted by atomic mass is 16.5. The first-order chi connectivity index (χ1) is 7.77. The predicted octanol–water partition coefficient (Wildman–Crippen LogP) is 1.57. The van der Waals surface area contributed by atoms with Gasteiger partial charge in [-0.2, -0.15) is 0 Å². The zero-order chi connectivity index (χ0) is 11.8. The van der Waals surface area contributed by atoms with Crippen LogP contribution in [0.3, 0.4) is 0 Å². The lowest BCUT2D eigenvalue weighted by Crippen LogP contribution is -2.34. The number of rotatable bonds is 7. The SMILES string of the molecule is CNCC(NCC(C)OC)c1ccccc1. The highest BCUT2D eigenvalue weighted by Crippen LogP contribution is 2.11. The molecule has 0 spiro atoms. The fraction of sp³-hybridized carbons (Fsp3) is 0.538. The second-order valence-corrected chi connectivity index (χ2v) is 3.98. The van der Waals surface area contributed by atoms with Gasteiger partial charge in [-0.05, 0) is 19.5 Å². The summed E-state index contributed by atoms with van der Waals surface area (Å²) in [6.45, 7) is 3.84. The fourth-order valence-corrected chi connectivity index (χ4v) is 1.59. The van der Waals surface area contributed by atoms with Crippen LogP contribution < -0.4 is 10.6 Å². The van der Waals surface area contributed by atoms with Gasteiger partial charge in [0, 0.05) is 26.2 Å². The van der Waals surface area contributed by atoms with Crippen molar-refractivity contribution in [2.24, 2.45) is 0 Å². The Bertz CT molecular complexity index is 277. The molecule has 0 bridgehead atoms. The van der Waals surface area contributed by atoms with Crippen molar-refractivity contribution in [3.8, 4) is 0 Å². The van der Waals surface area contributed by atoms with E-state index < -0.39 is 0 Å². The van der Waals surface area contributed by atoms with Gasteiger partial charge in [0.15, 0.2) is 0 Å². The monoisotopic (exact) mass is 222 g/mol. The summed E-state index contributed by atoms with van der Waals surface area (Å²) in [6.07, 6.45) is 0.239. The van der Waals surface area contributed by atoms with E-state index >= 15 is 0 Å². The van der Waals surface area contributed by atoms with Crippen molar-refractivity contribution in [3.05, 3.63) is 35.9 Å². The molecule has 0 radical (unpaired) electrons. The molecule has 2 N–H and O–H groups in total. The maximum absolute atomic E-state index is 5.23. The van der Waals surface area contributed by atoms with Crippen LogP contribution in [0.2, 0.25) is 0 Å². The molecule has 3 heteroatoms. The summed E-state index contributed by atoms with van der Waals surface area (Å²) in [5.74, 6) is 0. The smallest absolute Gasteiger partial charge is 0.0667 e. The van der Waals surface area contributed by atoms with Crippen LogP contribution in [0.25, 0.3) is 0 Å². The van der Waals surface area contributed by atoms with Gasteiger partial charge < -0.3 is 15.4 Å². The first-order valence-corrected chi connectivity index (χ1v) is 5.73. The van der Waals surface area contributed by atoms with Gasteiger partial charge in [0.1, 0.15) is 0 Å². The van der Waals surface area contributed by atoms with E-state index in [1.54, 1.807) is 7.11 Å². The van der Waals surface area contributed by atoms with Crippen molar-refractivity contribution in [1.29, 1.82) is 0 Å². The van der Waals surface area contributed by atoms with E-state index in [1.807, 2.05) is 13.1 Å². The Morgan fingerprint density at radius 1 is 1.19 bits per heavy atom. The number of hydrogen-bond donors (Lipinski definition) is 2. The number of hydrogen-bond acceptors (Lipinski definition) is 3. The molecule has 2 atom stereocenters. The average molecular weight is 222 g/mol. The summed E-state index contributed by atoms with van der Waals surface area (Å²) >= 11 is 0. The van der Waals surface area contributed by atoms with Crippen molar-refractivity contribution < 1.29 is 4.74 Å². The highest BCUT2D eigenvalue weighted by molar-refractivity contribution is 5.19. The van der Waals surface area contributed by atoms with Crippen LogP contribution in [0.4, 0.5) is 0 Å². The van der Waals surface area contributed by atoms with Crippen LogP contribution in [0.15, 0.2) is 30.3 Å². The average Bonchev–Trinajstić information content (AvgIpc) is 2.35. The van der Waals surface area contributed by atoms with Crippen molar-refractivity contribution in [3.63, 3.8) is 0 Å². The van der Waals surface area contributed by atoms with Gasteiger partial charge in [0.2, 0.25) is 0 Å². The molecule has 0 saturated heterocycles. The van der Waals surface area contributed by atoms with Gasteiger partial charge in [0.25, 0.3) is 0 Å². The zero-order valence-corrected chi connectivity index (χ0v) is 10.4. The Morgan fingerprint density at radius 2 is 1.88 bits per heavy atom. The third kappa shape index (κ3) is 4.31. The van der Waals surface area contributed by atoms with Crippen LogP contribution in [-0.4, -0.2) is 33.4 Å². The van der Waals surface area contributed by atoms with Gasteiger partial charge in [-0.1, -0.05) is 30.3 Å². The summed E-state index contributed by atoms with van der Waals surface area (Å²) < 4.78 is 5.23. The van der Waals surface area contributed by atoms with E-state index in [-0.39, 0.29) is 6.10 Å². The van der Waals surface area contributed by atoms with E-state index in [4.69, 9.17) is 4.74 Å². The molecule has 1 aromatic carbocycles. The third-order valence-electron chi connectivity index (χ3n) is 2.66. The maximum Gasteiger partial charge on any atom is 0.0667 e. The minimum atomic E-state index is 0.239. The highest BCUT2D eigenvalue weighted by Gasteiger charge is 2.10. The van der Waals surface area contributed by atoms with Gasteiger partial charge >= 0.3 is 0 Å². The summed E-state index contributed by atoms with van der Waals surface area (Å²) in [6, 6.07) is 10.8. The minimum absolute atomic E-state index is 0.239. The number of ether oxygens (including phenoxy) is 1. The molecule has 0 aliphatic rings. The van der Waals surface area contributed by atoms with Crippen LogP contribution in [0, 0.1) is 0 Å². The molecule has 90 valence electrons. The van der Waals surface area contributed by atoms with Crippen molar-refractivity contribution in [2.45, 2.75) is 19.1 Å². The Balaban J connectivity index is 2.54. The first kappa shape index (κ1) is 13.2. The van der Waals surface area contributed by atoms with Gasteiger partial charge in [-0.15, -0.1) is 0 Å². The number of nitrogens with one attached hydrogen (secondary N) is 2. The van der Waals surface area contributed by atoms with Crippen molar-refractivity contribution >= 4 is 0 Å². The molecule has 1 rings (SSSR count). The van der Waals surface area contributed by atoms with Crippen LogP contribution in [-0.2, 0) is 4.74 Å². The quantitative estimate of drug-likeness (QED) is 0.735. The lowest BCUT2D eigenvalue weighted by Gasteiger charge is -2.21. The fourth-order valence-electron chi connectivity index (χ4n) is 1.59. The summed E-state index contributed by atoms with van der Waals surface area (Å²) in [5, 5.41) is 6.70. The number of methoxy groups -OCH3 is 1. The molecule has 3 nitrogen and oxygen atoms in total. The maximum atomic E-state index is 5.23. The molecule has 0 amide bonds. The van der Waals surface area contributed by atoms with Crippen LogP contribution >= 0.6 is 0 Å². The number of likely N-dealkylation sites (N-methyl/N-ethyl adjacent to an activating group) is 1. The molecule has 16 heavy (non-hydrogen) atoms. The molecule has 0 heterocycles. The molecule has 0 fully saturated rings. The topological polar surface area (TPSA) is 33.3 Å². The normalized spacial score (nSPS) is 14.7. The first-order valence-electron chi connectivity index (χ1n) is 5.73. The molecule has 0 aliphatic carbocycles.